The Labute approximate surface area is 101 Å². The molecule has 0 atom stereocenters. The molecule has 2 rings (SSSR count). The molecule has 4 heteroatoms. The van der Waals surface area contributed by atoms with E-state index in [1.54, 1.807) is 4.90 Å². The van der Waals surface area contributed by atoms with Crippen LogP contribution in [-0.2, 0) is 11.3 Å². The van der Waals surface area contributed by atoms with Gasteiger partial charge in [0.1, 0.15) is 5.75 Å². The SMILES string of the molecule is CC(C)CN1C(=O)COc2cc(CN)ccc21. The molecule has 92 valence electrons. The standard InChI is InChI=1S/C13H18N2O2/c1-9(2)7-15-11-4-3-10(6-14)5-12(11)17-8-13(15)16/h3-5,9H,6-8,14H2,1-2H3. The van der Waals surface area contributed by atoms with Gasteiger partial charge in [0.2, 0.25) is 0 Å². The molecule has 1 heterocycles. The number of benzene rings is 1. The molecule has 0 bridgehead atoms. The summed E-state index contributed by atoms with van der Waals surface area (Å²) in [5, 5.41) is 0. The minimum atomic E-state index is 0.0201. The van der Waals surface area contributed by atoms with Gasteiger partial charge in [-0.2, -0.15) is 0 Å². The van der Waals surface area contributed by atoms with Crippen molar-refractivity contribution < 1.29 is 9.53 Å². The van der Waals surface area contributed by atoms with Crippen LogP contribution in [0, 0.1) is 5.92 Å². The molecular formula is C13H18N2O2. The molecule has 1 aromatic rings. The van der Waals surface area contributed by atoms with Gasteiger partial charge in [0.15, 0.2) is 6.61 Å². The van der Waals surface area contributed by atoms with Crippen molar-refractivity contribution in [3.05, 3.63) is 23.8 Å². The molecule has 0 radical (unpaired) electrons. The van der Waals surface area contributed by atoms with Crippen molar-refractivity contribution in [1.29, 1.82) is 0 Å². The number of fused-ring (bicyclic) bond motifs is 1. The largest absolute Gasteiger partial charge is 0.482 e. The minimum absolute atomic E-state index is 0.0201. The van der Waals surface area contributed by atoms with Gasteiger partial charge in [0.05, 0.1) is 5.69 Å². The van der Waals surface area contributed by atoms with Gasteiger partial charge in [-0.1, -0.05) is 19.9 Å². The lowest BCUT2D eigenvalue weighted by Gasteiger charge is -2.30. The molecule has 2 N–H and O–H groups in total. The van der Waals surface area contributed by atoms with E-state index in [-0.39, 0.29) is 12.5 Å². The summed E-state index contributed by atoms with van der Waals surface area (Å²) in [5.41, 5.74) is 7.46. The topological polar surface area (TPSA) is 55.6 Å². The van der Waals surface area contributed by atoms with Crippen LogP contribution in [0.4, 0.5) is 5.69 Å². The summed E-state index contributed by atoms with van der Waals surface area (Å²) in [7, 11) is 0. The molecule has 1 amide bonds. The van der Waals surface area contributed by atoms with Gasteiger partial charge < -0.3 is 15.4 Å². The number of carbonyl (C=O) groups is 1. The summed E-state index contributed by atoms with van der Waals surface area (Å²) in [6.07, 6.45) is 0. The average Bonchev–Trinajstić information content (AvgIpc) is 2.32. The molecule has 1 aliphatic rings. The van der Waals surface area contributed by atoms with Crippen LogP contribution in [0.5, 0.6) is 5.75 Å². The number of nitrogens with two attached hydrogens (primary N) is 1. The molecule has 0 aliphatic carbocycles. The van der Waals surface area contributed by atoms with E-state index in [1.165, 1.54) is 0 Å². The van der Waals surface area contributed by atoms with E-state index in [0.29, 0.717) is 12.5 Å². The van der Waals surface area contributed by atoms with Crippen molar-refractivity contribution in [3.63, 3.8) is 0 Å². The molecule has 0 saturated carbocycles. The Hall–Kier alpha value is -1.55. The Bertz CT molecular complexity index is 429. The van der Waals surface area contributed by atoms with Crippen molar-refractivity contribution in [2.75, 3.05) is 18.1 Å². The maximum atomic E-state index is 11.8. The lowest BCUT2D eigenvalue weighted by molar-refractivity contribution is -0.121. The summed E-state index contributed by atoms with van der Waals surface area (Å²) in [6.45, 7) is 5.51. The van der Waals surface area contributed by atoms with Crippen LogP contribution in [0.3, 0.4) is 0 Å². The molecule has 0 fully saturated rings. The first-order chi connectivity index (χ1) is 8.11. The molecular weight excluding hydrogens is 216 g/mol. The van der Waals surface area contributed by atoms with Crippen LogP contribution in [0.2, 0.25) is 0 Å². The second-order valence-electron chi connectivity index (χ2n) is 4.69. The Kier molecular flexibility index (Phi) is 3.33. The zero-order chi connectivity index (χ0) is 12.4. The van der Waals surface area contributed by atoms with E-state index in [2.05, 4.69) is 13.8 Å². The van der Waals surface area contributed by atoms with E-state index in [4.69, 9.17) is 10.5 Å². The smallest absolute Gasteiger partial charge is 0.265 e. The Morgan fingerprint density at radius 1 is 1.47 bits per heavy atom. The van der Waals surface area contributed by atoms with Crippen LogP contribution in [0.15, 0.2) is 18.2 Å². The highest BCUT2D eigenvalue weighted by Gasteiger charge is 2.25. The van der Waals surface area contributed by atoms with E-state index in [9.17, 15) is 4.79 Å². The van der Waals surface area contributed by atoms with E-state index >= 15 is 0 Å². The van der Waals surface area contributed by atoms with Gasteiger partial charge in [0, 0.05) is 13.1 Å². The van der Waals surface area contributed by atoms with Crippen molar-refractivity contribution in [2.45, 2.75) is 20.4 Å². The highest BCUT2D eigenvalue weighted by molar-refractivity contribution is 5.97. The number of amides is 1. The first kappa shape index (κ1) is 11.9. The van der Waals surface area contributed by atoms with Crippen LogP contribution in [0.1, 0.15) is 19.4 Å². The first-order valence-corrected chi connectivity index (χ1v) is 5.88. The van der Waals surface area contributed by atoms with E-state index < -0.39 is 0 Å². The molecule has 17 heavy (non-hydrogen) atoms. The molecule has 0 saturated heterocycles. The van der Waals surface area contributed by atoms with Gasteiger partial charge in [0.25, 0.3) is 5.91 Å². The average molecular weight is 234 g/mol. The fourth-order valence-electron chi connectivity index (χ4n) is 1.94. The minimum Gasteiger partial charge on any atom is -0.482 e. The summed E-state index contributed by atoms with van der Waals surface area (Å²) in [5.74, 6) is 1.21. The highest BCUT2D eigenvalue weighted by Crippen LogP contribution is 2.33. The van der Waals surface area contributed by atoms with Crippen LogP contribution < -0.4 is 15.4 Å². The summed E-state index contributed by atoms with van der Waals surface area (Å²) in [6, 6.07) is 5.76. The second kappa shape index (κ2) is 4.75. The number of ether oxygens (including phenoxy) is 1. The molecule has 0 spiro atoms. The van der Waals surface area contributed by atoms with Gasteiger partial charge in [-0.25, -0.2) is 0 Å². The molecule has 1 aliphatic heterocycles. The number of hydrogen-bond donors (Lipinski definition) is 1. The molecule has 0 aromatic heterocycles. The third-order valence-corrected chi connectivity index (χ3v) is 2.75. The predicted molar refractivity (Wildman–Crippen MR) is 67.0 cm³/mol. The third-order valence-electron chi connectivity index (χ3n) is 2.75. The number of carbonyl (C=O) groups excluding carboxylic acids is 1. The quantitative estimate of drug-likeness (QED) is 0.862. The van der Waals surface area contributed by atoms with Gasteiger partial charge in [-0.05, 0) is 23.6 Å². The third kappa shape index (κ3) is 2.42. The maximum Gasteiger partial charge on any atom is 0.265 e. The first-order valence-electron chi connectivity index (χ1n) is 5.88. The fraction of sp³-hybridized carbons (Fsp3) is 0.462. The number of rotatable bonds is 3. The highest BCUT2D eigenvalue weighted by atomic mass is 16.5. The number of anilines is 1. The summed E-state index contributed by atoms with van der Waals surface area (Å²) >= 11 is 0. The summed E-state index contributed by atoms with van der Waals surface area (Å²) < 4.78 is 5.44. The molecule has 0 unspecified atom stereocenters. The van der Waals surface area contributed by atoms with Gasteiger partial charge in [-0.3, -0.25) is 4.79 Å². The monoisotopic (exact) mass is 234 g/mol. The predicted octanol–water partition coefficient (Wildman–Crippen LogP) is 1.53. The van der Waals surface area contributed by atoms with Crippen molar-refractivity contribution in [1.82, 2.24) is 0 Å². The summed E-state index contributed by atoms with van der Waals surface area (Å²) in [4.78, 5) is 13.6. The second-order valence-corrected chi connectivity index (χ2v) is 4.69. The van der Waals surface area contributed by atoms with Crippen LogP contribution >= 0.6 is 0 Å². The van der Waals surface area contributed by atoms with Crippen LogP contribution in [0.25, 0.3) is 0 Å². The maximum absolute atomic E-state index is 11.8. The zero-order valence-electron chi connectivity index (χ0n) is 10.3. The van der Waals surface area contributed by atoms with Crippen molar-refractivity contribution >= 4 is 11.6 Å². The Balaban J connectivity index is 2.34. The van der Waals surface area contributed by atoms with Crippen molar-refractivity contribution in [3.8, 4) is 5.75 Å². The van der Waals surface area contributed by atoms with Gasteiger partial charge in [-0.15, -0.1) is 0 Å². The van der Waals surface area contributed by atoms with Crippen LogP contribution in [-0.4, -0.2) is 19.1 Å². The van der Waals surface area contributed by atoms with E-state index in [0.717, 1.165) is 23.5 Å². The normalized spacial score (nSPS) is 14.8. The number of hydrogen-bond acceptors (Lipinski definition) is 3. The van der Waals surface area contributed by atoms with Gasteiger partial charge >= 0.3 is 0 Å². The molecule has 1 aromatic carbocycles. The lowest BCUT2D eigenvalue weighted by Crippen LogP contribution is -2.40. The zero-order valence-corrected chi connectivity index (χ0v) is 10.3. The fourth-order valence-corrected chi connectivity index (χ4v) is 1.94. The Morgan fingerprint density at radius 2 is 2.24 bits per heavy atom. The van der Waals surface area contributed by atoms with Crippen molar-refractivity contribution in [2.24, 2.45) is 11.7 Å². The van der Waals surface area contributed by atoms with E-state index in [1.807, 2.05) is 18.2 Å². The number of nitrogens with zero attached hydrogens (tertiary/aromatic N) is 1. The molecule has 4 nitrogen and oxygen atoms in total. The Morgan fingerprint density at radius 3 is 2.88 bits per heavy atom. The lowest BCUT2D eigenvalue weighted by atomic mass is 10.1.